The molecule has 55 heavy (non-hydrogen) atoms. The molecule has 0 aromatic heterocycles. The SMILES string of the molecule is C/C=C\C(c1ccc2c(-c3cc4ccccc4c4ccccc34)c3ccccc3c(-c3cc4ccccc4c4ccccc34)c2c1)N(C)CC1=CNCC=C1. The van der Waals surface area contributed by atoms with Crippen LogP contribution in [0.3, 0.4) is 0 Å². The van der Waals surface area contributed by atoms with Crippen molar-refractivity contribution in [3.05, 3.63) is 193 Å². The van der Waals surface area contributed by atoms with Gasteiger partial charge < -0.3 is 5.32 Å². The van der Waals surface area contributed by atoms with E-state index < -0.39 is 0 Å². The molecule has 9 aromatic carbocycles. The summed E-state index contributed by atoms with van der Waals surface area (Å²) in [7, 11) is 2.24. The van der Waals surface area contributed by atoms with Crippen LogP contribution in [0.1, 0.15) is 18.5 Å². The first-order chi connectivity index (χ1) is 27.2. The van der Waals surface area contributed by atoms with Crippen molar-refractivity contribution in [2.75, 3.05) is 20.1 Å². The number of dihydropyridines is 1. The summed E-state index contributed by atoms with van der Waals surface area (Å²) in [5.74, 6) is 0. The Balaban J connectivity index is 1.34. The highest BCUT2D eigenvalue weighted by Gasteiger charge is 2.23. The highest BCUT2D eigenvalue weighted by Crippen LogP contribution is 2.49. The zero-order chi connectivity index (χ0) is 36.9. The summed E-state index contributed by atoms with van der Waals surface area (Å²) in [6.07, 6.45) is 11.1. The lowest BCUT2D eigenvalue weighted by atomic mass is 9.81. The molecule has 9 aromatic rings. The van der Waals surface area contributed by atoms with Crippen molar-refractivity contribution < 1.29 is 0 Å². The molecule has 0 saturated heterocycles. The van der Waals surface area contributed by atoms with Crippen LogP contribution >= 0.6 is 0 Å². The average Bonchev–Trinajstić information content (AvgIpc) is 3.24. The molecule has 0 radical (unpaired) electrons. The van der Waals surface area contributed by atoms with Gasteiger partial charge in [-0.2, -0.15) is 0 Å². The summed E-state index contributed by atoms with van der Waals surface area (Å²) >= 11 is 0. The fourth-order valence-electron chi connectivity index (χ4n) is 9.18. The summed E-state index contributed by atoms with van der Waals surface area (Å²) in [4.78, 5) is 2.45. The molecule has 0 aliphatic carbocycles. The molecule has 0 amide bonds. The smallest absolute Gasteiger partial charge is 0.0532 e. The molecule has 1 N–H and O–H groups in total. The second-order valence-corrected chi connectivity index (χ2v) is 14.9. The zero-order valence-corrected chi connectivity index (χ0v) is 31.3. The quantitative estimate of drug-likeness (QED) is 0.101. The van der Waals surface area contributed by atoms with Crippen molar-refractivity contribution in [3.8, 4) is 22.3 Å². The van der Waals surface area contributed by atoms with Crippen LogP contribution in [0.5, 0.6) is 0 Å². The molecule has 0 saturated carbocycles. The van der Waals surface area contributed by atoms with Crippen LogP contribution in [0.4, 0.5) is 0 Å². The molecule has 0 fully saturated rings. The monoisotopic (exact) mass is 706 g/mol. The van der Waals surface area contributed by atoms with Gasteiger partial charge in [0.1, 0.15) is 0 Å². The van der Waals surface area contributed by atoms with Crippen LogP contribution in [0.2, 0.25) is 0 Å². The van der Waals surface area contributed by atoms with Crippen molar-refractivity contribution in [2.24, 2.45) is 0 Å². The molecule has 1 heterocycles. The summed E-state index contributed by atoms with van der Waals surface area (Å²) in [5.41, 5.74) is 7.66. The van der Waals surface area contributed by atoms with E-state index in [0.29, 0.717) is 0 Å². The van der Waals surface area contributed by atoms with Gasteiger partial charge in [-0.3, -0.25) is 4.90 Å². The van der Waals surface area contributed by atoms with Gasteiger partial charge in [0.2, 0.25) is 0 Å². The minimum Gasteiger partial charge on any atom is -0.387 e. The molecule has 2 nitrogen and oxygen atoms in total. The molecule has 1 atom stereocenters. The second kappa shape index (κ2) is 13.7. The predicted octanol–water partition coefficient (Wildman–Crippen LogP) is 13.5. The summed E-state index contributed by atoms with van der Waals surface area (Å²) in [6, 6.07) is 56.9. The Labute approximate surface area is 322 Å². The number of nitrogens with zero attached hydrogens (tertiary/aromatic N) is 1. The normalized spacial score (nSPS) is 13.8. The highest BCUT2D eigenvalue weighted by atomic mass is 15.1. The number of hydrogen-bond acceptors (Lipinski definition) is 2. The Hall–Kier alpha value is -6.48. The van der Waals surface area contributed by atoms with E-state index in [4.69, 9.17) is 0 Å². The van der Waals surface area contributed by atoms with Crippen LogP contribution < -0.4 is 5.32 Å². The standard InChI is InChI=1S/C53H42N2/c1-3-15-51(55(2)34-35-16-14-29-54-33-35)38-27-28-47-50(32-38)53(49-31-37-18-5-7-20-40(37)42-22-9-11-24-44(42)49)46-26-13-12-25-45(46)52(47)48-30-36-17-4-6-19-39(36)41-21-8-10-23-43(41)48/h3-28,30-33,51,54H,29,34H2,1-2H3/b15-3-. The van der Waals surface area contributed by atoms with Gasteiger partial charge in [0, 0.05) is 19.3 Å². The van der Waals surface area contributed by atoms with Gasteiger partial charge in [-0.1, -0.05) is 158 Å². The first-order valence-electron chi connectivity index (χ1n) is 19.4. The molecule has 1 unspecified atom stereocenters. The summed E-state index contributed by atoms with van der Waals surface area (Å²) < 4.78 is 0. The molecule has 2 heteroatoms. The molecule has 0 spiro atoms. The van der Waals surface area contributed by atoms with Crippen LogP contribution in [0.15, 0.2) is 188 Å². The fraction of sp³-hybridized carbons (Fsp3) is 0.0943. The van der Waals surface area contributed by atoms with E-state index in [1.165, 1.54) is 98.0 Å². The maximum Gasteiger partial charge on any atom is 0.0532 e. The maximum absolute atomic E-state index is 3.40. The first-order valence-corrected chi connectivity index (χ1v) is 19.4. The third-order valence-corrected chi connectivity index (χ3v) is 11.6. The van der Waals surface area contributed by atoms with Gasteiger partial charge in [0.05, 0.1) is 6.04 Å². The van der Waals surface area contributed by atoms with E-state index in [2.05, 4.69) is 206 Å². The maximum atomic E-state index is 3.40. The number of rotatable bonds is 7. The average molecular weight is 707 g/mol. The summed E-state index contributed by atoms with van der Waals surface area (Å²) in [6.45, 7) is 3.85. The fourth-order valence-corrected chi connectivity index (χ4v) is 9.18. The number of benzene rings is 9. The van der Waals surface area contributed by atoms with E-state index in [1.807, 2.05) is 0 Å². The van der Waals surface area contributed by atoms with Gasteiger partial charge >= 0.3 is 0 Å². The van der Waals surface area contributed by atoms with Crippen LogP contribution in [0.25, 0.3) is 86.9 Å². The van der Waals surface area contributed by atoms with Crippen molar-refractivity contribution in [2.45, 2.75) is 13.0 Å². The number of hydrogen-bond donors (Lipinski definition) is 1. The van der Waals surface area contributed by atoms with Crippen molar-refractivity contribution >= 4 is 64.6 Å². The van der Waals surface area contributed by atoms with Gasteiger partial charge in [-0.05, 0) is 130 Å². The van der Waals surface area contributed by atoms with Crippen molar-refractivity contribution in [3.63, 3.8) is 0 Å². The Kier molecular flexibility index (Phi) is 8.27. The number of allylic oxidation sites excluding steroid dienone is 1. The van der Waals surface area contributed by atoms with Gasteiger partial charge in [-0.15, -0.1) is 0 Å². The highest BCUT2D eigenvalue weighted by molar-refractivity contribution is 6.28. The molecule has 264 valence electrons. The Morgan fingerprint density at radius 1 is 0.545 bits per heavy atom. The van der Waals surface area contributed by atoms with Gasteiger partial charge in [-0.25, -0.2) is 0 Å². The summed E-state index contributed by atoms with van der Waals surface area (Å²) in [5, 5.41) is 18.6. The molecule has 1 aliphatic rings. The Morgan fingerprint density at radius 3 is 1.58 bits per heavy atom. The molecule has 0 bridgehead atoms. The lowest BCUT2D eigenvalue weighted by Gasteiger charge is -2.28. The van der Waals surface area contributed by atoms with E-state index in [0.717, 1.165) is 13.1 Å². The predicted molar refractivity (Wildman–Crippen MR) is 238 cm³/mol. The third kappa shape index (κ3) is 5.61. The van der Waals surface area contributed by atoms with Crippen LogP contribution in [-0.2, 0) is 0 Å². The number of fused-ring (bicyclic) bond motifs is 8. The van der Waals surface area contributed by atoms with Crippen molar-refractivity contribution in [1.29, 1.82) is 0 Å². The third-order valence-electron chi connectivity index (χ3n) is 11.6. The molecular formula is C53H42N2. The minimum absolute atomic E-state index is 0.0863. The van der Waals surface area contributed by atoms with E-state index >= 15 is 0 Å². The topological polar surface area (TPSA) is 15.3 Å². The lowest BCUT2D eigenvalue weighted by molar-refractivity contribution is 0.311. The van der Waals surface area contributed by atoms with Gasteiger partial charge in [0.15, 0.2) is 0 Å². The lowest BCUT2D eigenvalue weighted by Crippen LogP contribution is -2.26. The van der Waals surface area contributed by atoms with E-state index in [9.17, 15) is 0 Å². The van der Waals surface area contributed by atoms with Gasteiger partial charge in [0.25, 0.3) is 0 Å². The first kappa shape index (κ1) is 33.1. The largest absolute Gasteiger partial charge is 0.387 e. The Bertz CT molecular complexity index is 3050. The number of nitrogens with one attached hydrogen (secondary N) is 1. The zero-order valence-electron chi connectivity index (χ0n) is 31.3. The minimum atomic E-state index is 0.0863. The molecular weight excluding hydrogens is 665 g/mol. The molecule has 10 rings (SSSR count). The number of likely N-dealkylation sites (N-methyl/N-ethyl adjacent to an activating group) is 1. The van der Waals surface area contributed by atoms with Crippen LogP contribution in [-0.4, -0.2) is 25.0 Å². The Morgan fingerprint density at radius 2 is 1.04 bits per heavy atom. The van der Waals surface area contributed by atoms with Crippen LogP contribution in [0, 0.1) is 0 Å². The van der Waals surface area contributed by atoms with E-state index in [1.54, 1.807) is 0 Å². The second-order valence-electron chi connectivity index (χ2n) is 14.9. The van der Waals surface area contributed by atoms with Crippen molar-refractivity contribution in [1.82, 2.24) is 10.2 Å². The van der Waals surface area contributed by atoms with E-state index in [-0.39, 0.29) is 6.04 Å². The molecule has 1 aliphatic heterocycles.